The number of β-amino-alcohol motifs (C(OH)–C–C–N with tert-alkyl or cyclic N) is 1. The lowest BCUT2D eigenvalue weighted by molar-refractivity contribution is -0.136. The number of benzene rings is 2. The van der Waals surface area contributed by atoms with Gasteiger partial charge >= 0.3 is 0 Å². The van der Waals surface area contributed by atoms with E-state index >= 15 is 0 Å². The number of aliphatic hydroxyl groups excluding tert-OH is 1. The average molecular weight is 737 g/mol. The van der Waals surface area contributed by atoms with Crippen molar-refractivity contribution in [1.82, 2.24) is 30.3 Å². The SMILES string of the molecule is NC(=O)c1nnc(N2CCC[C@@H](O)C2)nc1Nc1ccc(C2CCN(CC3CCN(c4ccc5c(c4)C(=O)N(C4CCC(=O)NC4=O)C5=O)C3)CC2)cc1. The Morgan fingerprint density at radius 3 is 2.39 bits per heavy atom. The van der Waals surface area contributed by atoms with Crippen molar-refractivity contribution in [2.45, 2.75) is 63.0 Å². The Bertz CT molecular complexity index is 1980. The molecule has 5 aliphatic heterocycles. The number of aliphatic hydroxyl groups is 1. The van der Waals surface area contributed by atoms with Gasteiger partial charge in [-0.1, -0.05) is 12.1 Å². The van der Waals surface area contributed by atoms with Crippen molar-refractivity contribution in [3.63, 3.8) is 0 Å². The molecule has 5 amide bonds. The number of nitrogens with two attached hydrogens (primary N) is 1. The van der Waals surface area contributed by atoms with Gasteiger partial charge in [0.05, 0.1) is 17.2 Å². The lowest BCUT2D eigenvalue weighted by Crippen LogP contribution is -2.54. The fourth-order valence-electron chi connectivity index (χ4n) is 8.50. The van der Waals surface area contributed by atoms with Gasteiger partial charge in [0.25, 0.3) is 17.7 Å². The fraction of sp³-hybridized carbons (Fsp3) is 0.474. The first-order valence-corrected chi connectivity index (χ1v) is 18.8. The Kier molecular flexibility index (Phi) is 9.70. The summed E-state index contributed by atoms with van der Waals surface area (Å²) in [6.07, 6.45) is 4.41. The second kappa shape index (κ2) is 14.7. The van der Waals surface area contributed by atoms with Crippen molar-refractivity contribution in [3.05, 3.63) is 64.8 Å². The maximum atomic E-state index is 13.3. The molecule has 3 aromatic rings. The predicted octanol–water partition coefficient (Wildman–Crippen LogP) is 1.78. The Morgan fingerprint density at radius 1 is 0.870 bits per heavy atom. The molecule has 8 rings (SSSR count). The summed E-state index contributed by atoms with van der Waals surface area (Å²) in [7, 11) is 0. The first kappa shape index (κ1) is 35.5. The van der Waals surface area contributed by atoms with Crippen molar-refractivity contribution >= 4 is 52.7 Å². The third kappa shape index (κ3) is 7.10. The van der Waals surface area contributed by atoms with Crippen LogP contribution in [-0.4, -0.2) is 118 Å². The van der Waals surface area contributed by atoms with Gasteiger partial charge in [-0.2, -0.15) is 4.98 Å². The van der Waals surface area contributed by atoms with Gasteiger partial charge < -0.3 is 30.9 Å². The van der Waals surface area contributed by atoms with Crippen molar-refractivity contribution < 1.29 is 29.1 Å². The average Bonchev–Trinajstić information content (AvgIpc) is 3.73. The highest BCUT2D eigenvalue weighted by atomic mass is 16.3. The number of anilines is 4. The zero-order valence-corrected chi connectivity index (χ0v) is 29.9. The Morgan fingerprint density at radius 2 is 1.65 bits per heavy atom. The monoisotopic (exact) mass is 736 g/mol. The number of nitrogens with one attached hydrogen (secondary N) is 2. The number of imide groups is 2. The van der Waals surface area contributed by atoms with E-state index in [1.165, 1.54) is 5.56 Å². The van der Waals surface area contributed by atoms with Gasteiger partial charge in [-0.3, -0.25) is 34.2 Å². The van der Waals surface area contributed by atoms with E-state index in [2.05, 4.69) is 47.7 Å². The first-order valence-electron chi connectivity index (χ1n) is 18.8. The van der Waals surface area contributed by atoms with E-state index in [1.807, 2.05) is 23.1 Å². The Labute approximate surface area is 312 Å². The predicted molar refractivity (Wildman–Crippen MR) is 197 cm³/mol. The topological polar surface area (TPSA) is 207 Å². The van der Waals surface area contributed by atoms with Crippen LogP contribution in [0, 0.1) is 5.92 Å². The molecule has 6 heterocycles. The van der Waals surface area contributed by atoms with E-state index in [4.69, 9.17) is 5.73 Å². The summed E-state index contributed by atoms with van der Waals surface area (Å²) >= 11 is 0. The van der Waals surface area contributed by atoms with Crippen LogP contribution in [0.5, 0.6) is 0 Å². The van der Waals surface area contributed by atoms with Crippen LogP contribution in [0.3, 0.4) is 0 Å². The van der Waals surface area contributed by atoms with Gasteiger partial charge in [-0.25, -0.2) is 0 Å². The molecule has 54 heavy (non-hydrogen) atoms. The van der Waals surface area contributed by atoms with Crippen LogP contribution in [0.25, 0.3) is 0 Å². The van der Waals surface area contributed by atoms with Crippen LogP contribution in [0.1, 0.15) is 87.6 Å². The van der Waals surface area contributed by atoms with Crippen LogP contribution in [0.2, 0.25) is 0 Å². The number of carbonyl (C=O) groups excluding carboxylic acids is 5. The minimum atomic E-state index is -0.975. The van der Waals surface area contributed by atoms with Gasteiger partial charge in [0.1, 0.15) is 6.04 Å². The van der Waals surface area contributed by atoms with E-state index in [0.717, 1.165) is 81.1 Å². The number of amides is 5. The number of hydrogen-bond donors (Lipinski definition) is 4. The summed E-state index contributed by atoms with van der Waals surface area (Å²) in [5, 5.41) is 23.7. The third-order valence-corrected chi connectivity index (χ3v) is 11.4. The van der Waals surface area contributed by atoms with Crippen LogP contribution < -0.4 is 26.2 Å². The van der Waals surface area contributed by atoms with Gasteiger partial charge in [0.2, 0.25) is 17.8 Å². The van der Waals surface area contributed by atoms with Crippen molar-refractivity contribution in [1.29, 1.82) is 0 Å². The minimum absolute atomic E-state index is 0.0459. The van der Waals surface area contributed by atoms with Gasteiger partial charge in [0.15, 0.2) is 11.5 Å². The van der Waals surface area contributed by atoms with E-state index < -0.39 is 41.7 Å². The minimum Gasteiger partial charge on any atom is -0.391 e. The zero-order chi connectivity index (χ0) is 37.5. The number of fused-ring (bicyclic) bond motifs is 1. The summed E-state index contributed by atoms with van der Waals surface area (Å²) in [4.78, 5) is 74.8. The van der Waals surface area contributed by atoms with Gasteiger partial charge in [-0.05, 0) is 99.3 Å². The highest BCUT2D eigenvalue weighted by molar-refractivity contribution is 6.23. The molecule has 4 saturated heterocycles. The van der Waals surface area contributed by atoms with Crippen LogP contribution in [0.15, 0.2) is 42.5 Å². The lowest BCUT2D eigenvalue weighted by Gasteiger charge is -2.34. The molecule has 16 heteroatoms. The molecule has 0 radical (unpaired) electrons. The number of primary amides is 1. The standard InChI is InChI=1S/C38H44N10O6/c39-33(51)32-34(42-38(44-43-32)47-14-1-2-27(49)21-47)40-25-5-3-23(4-6-25)24-12-15-45(16-13-24)19-22-11-17-46(20-22)26-7-8-28-29(18-26)37(54)48(36(28)53)30-9-10-31(50)41-35(30)52/h3-8,18,22,24,27,30,49H,1-2,9-17,19-21H2,(H2,39,51)(H,40,42,44)(H,41,50,52)/t22?,27-,30?/m1/s1. The van der Waals surface area contributed by atoms with Crippen molar-refractivity contribution in [2.24, 2.45) is 11.7 Å². The van der Waals surface area contributed by atoms with Crippen LogP contribution in [-0.2, 0) is 9.59 Å². The molecule has 16 nitrogen and oxygen atoms in total. The second-order valence-corrected chi connectivity index (χ2v) is 15.0. The number of nitrogens with zero attached hydrogens (tertiary/aromatic N) is 7. The highest BCUT2D eigenvalue weighted by Crippen LogP contribution is 2.34. The number of likely N-dealkylation sites (tertiary alicyclic amines) is 1. The van der Waals surface area contributed by atoms with Crippen molar-refractivity contribution in [2.75, 3.05) is 60.9 Å². The van der Waals surface area contributed by atoms with Crippen LogP contribution >= 0.6 is 0 Å². The number of piperidine rings is 3. The molecule has 3 atom stereocenters. The molecule has 4 fully saturated rings. The summed E-state index contributed by atoms with van der Waals surface area (Å²) < 4.78 is 0. The molecule has 5 N–H and O–H groups in total. The number of aromatic nitrogens is 3. The fourth-order valence-corrected chi connectivity index (χ4v) is 8.50. The summed E-state index contributed by atoms with van der Waals surface area (Å²) in [6.45, 7) is 5.79. The summed E-state index contributed by atoms with van der Waals surface area (Å²) in [5.74, 6) is -1.23. The molecule has 282 valence electrons. The molecule has 5 aliphatic rings. The normalized spacial score (nSPS) is 23.9. The summed E-state index contributed by atoms with van der Waals surface area (Å²) in [6, 6.07) is 12.5. The second-order valence-electron chi connectivity index (χ2n) is 15.0. The molecule has 2 aromatic carbocycles. The van der Waals surface area contributed by atoms with E-state index in [-0.39, 0.29) is 24.4 Å². The number of hydrogen-bond acceptors (Lipinski definition) is 13. The third-order valence-electron chi connectivity index (χ3n) is 11.4. The summed E-state index contributed by atoms with van der Waals surface area (Å²) in [5.41, 5.74) is 9.03. The first-order chi connectivity index (χ1) is 26.1. The highest BCUT2D eigenvalue weighted by Gasteiger charge is 2.45. The Hall–Kier alpha value is -5.48. The molecular formula is C38H44N10O6. The van der Waals surface area contributed by atoms with Crippen LogP contribution in [0.4, 0.5) is 23.1 Å². The lowest BCUT2D eigenvalue weighted by atomic mass is 9.89. The van der Waals surface area contributed by atoms with E-state index in [9.17, 15) is 29.1 Å². The maximum absolute atomic E-state index is 13.3. The number of carbonyl (C=O) groups is 5. The van der Waals surface area contributed by atoms with E-state index in [0.29, 0.717) is 42.0 Å². The molecule has 0 aliphatic carbocycles. The smallest absolute Gasteiger partial charge is 0.273 e. The molecule has 0 saturated carbocycles. The van der Waals surface area contributed by atoms with Gasteiger partial charge in [0, 0.05) is 50.5 Å². The molecule has 1 aromatic heterocycles. The molecule has 0 bridgehead atoms. The van der Waals surface area contributed by atoms with Gasteiger partial charge in [-0.15, -0.1) is 10.2 Å². The molecular weight excluding hydrogens is 692 g/mol. The quantitative estimate of drug-likeness (QED) is 0.232. The van der Waals surface area contributed by atoms with Crippen molar-refractivity contribution in [3.8, 4) is 0 Å². The largest absolute Gasteiger partial charge is 0.391 e. The maximum Gasteiger partial charge on any atom is 0.273 e. The Balaban J connectivity index is 0.835. The molecule has 0 spiro atoms. The number of rotatable bonds is 9. The zero-order valence-electron chi connectivity index (χ0n) is 29.9. The van der Waals surface area contributed by atoms with E-state index in [1.54, 1.807) is 12.1 Å². The molecule has 2 unspecified atom stereocenters.